The molecule has 0 unspecified atom stereocenters. The van der Waals surface area contributed by atoms with Crippen molar-refractivity contribution in [1.29, 1.82) is 0 Å². The molecule has 1 aromatic carbocycles. The fraction of sp³-hybridized carbons (Fsp3) is 0.176. The number of aromatic nitrogens is 2. The number of anilines is 1. The molecular weight excluding hydrogens is 326 g/mol. The number of benzene rings is 1. The van der Waals surface area contributed by atoms with E-state index in [-0.39, 0.29) is 22.2 Å². The van der Waals surface area contributed by atoms with E-state index < -0.39 is 11.9 Å². The Bertz CT molecular complexity index is 1030. The van der Waals surface area contributed by atoms with Crippen LogP contribution in [-0.4, -0.2) is 28.5 Å². The van der Waals surface area contributed by atoms with Gasteiger partial charge in [0, 0.05) is 12.7 Å². The van der Waals surface area contributed by atoms with Crippen LogP contribution in [0.25, 0.3) is 11.1 Å². The van der Waals surface area contributed by atoms with E-state index in [1.807, 2.05) is 0 Å². The predicted molar refractivity (Wildman–Crippen MR) is 89.7 cm³/mol. The molecule has 8 nitrogen and oxygen atoms in total. The molecule has 0 bridgehead atoms. The SMILES string of the molecule is COC(=O)c1ccc(NC(=O)c2c(C)oc3ncn(C)c(=O)c23)cc1. The maximum atomic E-state index is 12.6. The third-order valence-electron chi connectivity index (χ3n) is 3.74. The van der Waals surface area contributed by atoms with Crippen molar-refractivity contribution in [1.82, 2.24) is 9.55 Å². The highest BCUT2D eigenvalue weighted by Gasteiger charge is 2.22. The molecule has 0 aliphatic heterocycles. The number of fused-ring (bicyclic) bond motifs is 1. The molecule has 2 heterocycles. The second kappa shape index (κ2) is 6.23. The van der Waals surface area contributed by atoms with Crippen molar-refractivity contribution < 1.29 is 18.7 Å². The second-order valence-corrected chi connectivity index (χ2v) is 5.40. The zero-order valence-electron chi connectivity index (χ0n) is 13.8. The van der Waals surface area contributed by atoms with Gasteiger partial charge in [-0.15, -0.1) is 0 Å². The number of aryl methyl sites for hydroxylation is 2. The summed E-state index contributed by atoms with van der Waals surface area (Å²) in [4.78, 5) is 40.4. The summed E-state index contributed by atoms with van der Waals surface area (Å²) >= 11 is 0. The number of esters is 1. The van der Waals surface area contributed by atoms with Crippen molar-refractivity contribution in [3.8, 4) is 0 Å². The molecule has 1 amide bonds. The number of hydrogen-bond donors (Lipinski definition) is 1. The molecule has 0 atom stereocenters. The summed E-state index contributed by atoms with van der Waals surface area (Å²) in [6, 6.07) is 6.20. The van der Waals surface area contributed by atoms with Gasteiger partial charge in [-0.1, -0.05) is 0 Å². The zero-order valence-corrected chi connectivity index (χ0v) is 13.8. The summed E-state index contributed by atoms with van der Waals surface area (Å²) in [6.07, 6.45) is 1.33. The third kappa shape index (κ3) is 2.89. The van der Waals surface area contributed by atoms with Crippen molar-refractivity contribution in [3.05, 3.63) is 57.8 Å². The molecule has 1 N–H and O–H groups in total. The Morgan fingerprint density at radius 3 is 2.56 bits per heavy atom. The number of furan rings is 1. The Morgan fingerprint density at radius 1 is 1.24 bits per heavy atom. The minimum Gasteiger partial charge on any atom is -0.465 e. The van der Waals surface area contributed by atoms with Gasteiger partial charge >= 0.3 is 5.97 Å². The van der Waals surface area contributed by atoms with Crippen LogP contribution in [0, 0.1) is 6.92 Å². The third-order valence-corrected chi connectivity index (χ3v) is 3.74. The largest absolute Gasteiger partial charge is 0.465 e. The minimum absolute atomic E-state index is 0.117. The first kappa shape index (κ1) is 16.4. The van der Waals surface area contributed by atoms with E-state index >= 15 is 0 Å². The maximum absolute atomic E-state index is 12.6. The average molecular weight is 341 g/mol. The van der Waals surface area contributed by atoms with Gasteiger partial charge in [-0.3, -0.25) is 9.59 Å². The van der Waals surface area contributed by atoms with E-state index in [1.54, 1.807) is 26.1 Å². The fourth-order valence-electron chi connectivity index (χ4n) is 2.46. The quantitative estimate of drug-likeness (QED) is 0.730. The van der Waals surface area contributed by atoms with E-state index in [0.717, 1.165) is 0 Å². The summed E-state index contributed by atoms with van der Waals surface area (Å²) in [6.45, 7) is 1.59. The highest BCUT2D eigenvalue weighted by Crippen LogP contribution is 2.22. The molecule has 0 aliphatic rings. The molecule has 0 aliphatic carbocycles. The molecule has 0 saturated heterocycles. The number of nitrogens with one attached hydrogen (secondary N) is 1. The van der Waals surface area contributed by atoms with E-state index in [0.29, 0.717) is 17.0 Å². The van der Waals surface area contributed by atoms with Gasteiger partial charge in [-0.2, -0.15) is 0 Å². The van der Waals surface area contributed by atoms with E-state index in [1.165, 1.54) is 30.1 Å². The van der Waals surface area contributed by atoms with Gasteiger partial charge in [0.1, 0.15) is 17.5 Å². The topological polar surface area (TPSA) is 103 Å². The normalized spacial score (nSPS) is 10.7. The van der Waals surface area contributed by atoms with Crippen molar-refractivity contribution in [3.63, 3.8) is 0 Å². The smallest absolute Gasteiger partial charge is 0.337 e. The monoisotopic (exact) mass is 341 g/mol. The van der Waals surface area contributed by atoms with Crippen LogP contribution in [0.15, 0.2) is 39.8 Å². The van der Waals surface area contributed by atoms with Crippen LogP contribution in [0.5, 0.6) is 0 Å². The van der Waals surface area contributed by atoms with E-state index in [4.69, 9.17) is 4.42 Å². The lowest BCUT2D eigenvalue weighted by atomic mass is 10.1. The summed E-state index contributed by atoms with van der Waals surface area (Å²) in [5, 5.41) is 2.81. The predicted octanol–water partition coefficient (Wildman–Crippen LogP) is 1.87. The molecule has 0 fully saturated rings. The number of hydrogen-bond acceptors (Lipinski definition) is 6. The first-order chi connectivity index (χ1) is 11.9. The summed E-state index contributed by atoms with van der Waals surface area (Å²) in [5.41, 5.74) is 0.719. The molecule has 0 radical (unpaired) electrons. The van der Waals surface area contributed by atoms with E-state index in [9.17, 15) is 14.4 Å². The lowest BCUT2D eigenvalue weighted by Gasteiger charge is -2.06. The molecular formula is C17H15N3O5. The van der Waals surface area contributed by atoms with Crippen LogP contribution in [-0.2, 0) is 11.8 Å². The Labute approximate surface area is 142 Å². The number of rotatable bonds is 3. The first-order valence-corrected chi connectivity index (χ1v) is 7.37. The van der Waals surface area contributed by atoms with Crippen LogP contribution in [0.3, 0.4) is 0 Å². The second-order valence-electron chi connectivity index (χ2n) is 5.40. The molecule has 0 spiro atoms. The molecule has 8 heteroatoms. The van der Waals surface area contributed by atoms with Gasteiger partial charge < -0.3 is 19.0 Å². The molecule has 128 valence electrons. The Kier molecular flexibility index (Phi) is 4.10. The van der Waals surface area contributed by atoms with Crippen molar-refractivity contribution in [2.75, 3.05) is 12.4 Å². The maximum Gasteiger partial charge on any atom is 0.337 e. The van der Waals surface area contributed by atoms with Crippen LogP contribution >= 0.6 is 0 Å². The van der Waals surface area contributed by atoms with Gasteiger partial charge in [-0.25, -0.2) is 9.78 Å². The van der Waals surface area contributed by atoms with Crippen molar-refractivity contribution >= 4 is 28.7 Å². The Balaban J connectivity index is 1.95. The van der Waals surface area contributed by atoms with Gasteiger partial charge in [0.15, 0.2) is 0 Å². The fourth-order valence-corrected chi connectivity index (χ4v) is 2.46. The van der Waals surface area contributed by atoms with Gasteiger partial charge in [0.2, 0.25) is 5.71 Å². The van der Waals surface area contributed by atoms with E-state index in [2.05, 4.69) is 15.0 Å². The summed E-state index contributed by atoms with van der Waals surface area (Å²) in [5.74, 6) is -0.661. The number of carbonyl (C=O) groups is 2. The average Bonchev–Trinajstić information content (AvgIpc) is 2.95. The molecule has 3 aromatic rings. The lowest BCUT2D eigenvalue weighted by Crippen LogP contribution is -2.20. The molecule has 25 heavy (non-hydrogen) atoms. The van der Waals surface area contributed by atoms with Crippen LogP contribution < -0.4 is 10.9 Å². The minimum atomic E-state index is -0.493. The van der Waals surface area contributed by atoms with Crippen LogP contribution in [0.2, 0.25) is 0 Å². The van der Waals surface area contributed by atoms with Gasteiger partial charge in [-0.05, 0) is 31.2 Å². The van der Waals surface area contributed by atoms with Crippen LogP contribution in [0.4, 0.5) is 5.69 Å². The van der Waals surface area contributed by atoms with Crippen molar-refractivity contribution in [2.45, 2.75) is 6.92 Å². The van der Waals surface area contributed by atoms with Gasteiger partial charge in [0.05, 0.1) is 18.2 Å². The summed E-state index contributed by atoms with van der Waals surface area (Å²) in [7, 11) is 2.84. The number of amides is 1. The Morgan fingerprint density at radius 2 is 1.92 bits per heavy atom. The Hall–Kier alpha value is -3.42. The first-order valence-electron chi connectivity index (χ1n) is 7.37. The number of carbonyl (C=O) groups excluding carboxylic acids is 2. The highest BCUT2D eigenvalue weighted by atomic mass is 16.5. The van der Waals surface area contributed by atoms with Crippen LogP contribution in [0.1, 0.15) is 26.5 Å². The molecule has 2 aromatic heterocycles. The standard InChI is InChI=1S/C17H15N3O5/c1-9-12(13-15(25-9)18-8-20(2)16(13)22)14(21)19-11-6-4-10(5-7-11)17(23)24-3/h4-8H,1-3H3,(H,19,21). The zero-order chi connectivity index (χ0) is 18.1. The highest BCUT2D eigenvalue weighted by molar-refractivity contribution is 6.12. The van der Waals surface area contributed by atoms with Crippen molar-refractivity contribution in [2.24, 2.45) is 7.05 Å². The number of nitrogens with zero attached hydrogens (tertiary/aromatic N) is 2. The molecule has 0 saturated carbocycles. The number of ether oxygens (including phenoxy) is 1. The number of methoxy groups -OCH3 is 1. The molecule has 3 rings (SSSR count). The lowest BCUT2D eigenvalue weighted by molar-refractivity contribution is 0.0600. The summed E-state index contributed by atoms with van der Waals surface area (Å²) < 4.78 is 11.3. The van der Waals surface area contributed by atoms with Gasteiger partial charge in [0.25, 0.3) is 11.5 Å².